The Morgan fingerprint density at radius 3 is 3.00 bits per heavy atom. The molecule has 0 aromatic carbocycles. The first-order chi connectivity index (χ1) is 6.66. The summed E-state index contributed by atoms with van der Waals surface area (Å²) in [4.78, 5) is 20.8. The number of hydrogen-bond donors (Lipinski definition) is 1. The van der Waals surface area contributed by atoms with Gasteiger partial charge in [-0.2, -0.15) is 4.98 Å². The molecule has 1 aromatic rings. The molecule has 2 N–H and O–H groups in total. The molecule has 0 radical (unpaired) electrons. The second-order valence-corrected chi connectivity index (χ2v) is 3.70. The Bertz CT molecular complexity index is 370. The lowest BCUT2D eigenvalue weighted by molar-refractivity contribution is -0.117. The molecule has 1 aliphatic heterocycles. The van der Waals surface area contributed by atoms with Crippen LogP contribution in [0.5, 0.6) is 0 Å². The Kier molecular flexibility index (Phi) is 2.25. The summed E-state index contributed by atoms with van der Waals surface area (Å²) in [5, 5.41) is -0.160. The maximum atomic E-state index is 11.4. The molecule has 1 fully saturated rings. The molecule has 1 aliphatic rings. The number of alkyl halides is 1. The van der Waals surface area contributed by atoms with Gasteiger partial charge in [0, 0.05) is 19.2 Å². The molecule has 0 spiro atoms. The molecule has 14 heavy (non-hydrogen) atoms. The number of hydrogen-bond acceptors (Lipinski definition) is 4. The standard InChI is InChI=1S/C8H9ClN4O/c9-5-3-7(14)13(4-5)8-11-2-1-6(10)12-8/h1-2,5H,3-4H2,(H2,10,11,12). The van der Waals surface area contributed by atoms with Crippen molar-refractivity contribution in [3.63, 3.8) is 0 Å². The summed E-state index contributed by atoms with van der Waals surface area (Å²) in [6.07, 6.45) is 1.85. The van der Waals surface area contributed by atoms with Crippen molar-refractivity contribution in [1.29, 1.82) is 0 Å². The molecule has 1 amide bonds. The summed E-state index contributed by atoms with van der Waals surface area (Å²) in [6.45, 7) is 0.448. The lowest BCUT2D eigenvalue weighted by atomic mass is 10.4. The van der Waals surface area contributed by atoms with Crippen molar-refractivity contribution >= 4 is 29.3 Å². The first kappa shape index (κ1) is 9.21. The third-order valence-corrected chi connectivity index (χ3v) is 2.28. The van der Waals surface area contributed by atoms with Crippen LogP contribution in [0, 0.1) is 0 Å². The minimum Gasteiger partial charge on any atom is -0.384 e. The van der Waals surface area contributed by atoms with Gasteiger partial charge in [-0.05, 0) is 6.07 Å². The van der Waals surface area contributed by atoms with Crippen molar-refractivity contribution in [2.75, 3.05) is 17.2 Å². The highest BCUT2D eigenvalue weighted by Gasteiger charge is 2.30. The van der Waals surface area contributed by atoms with E-state index in [1.165, 1.54) is 11.1 Å². The lowest BCUT2D eigenvalue weighted by Crippen LogP contribution is -2.26. The molecular formula is C8H9ClN4O. The SMILES string of the molecule is Nc1ccnc(N2CC(Cl)CC2=O)n1. The highest BCUT2D eigenvalue weighted by molar-refractivity contribution is 6.24. The molecule has 0 aliphatic carbocycles. The van der Waals surface area contributed by atoms with Gasteiger partial charge >= 0.3 is 0 Å². The summed E-state index contributed by atoms with van der Waals surface area (Å²) in [5.74, 6) is 0.620. The number of rotatable bonds is 1. The average Bonchev–Trinajstić information content (AvgIpc) is 2.45. The van der Waals surface area contributed by atoms with E-state index < -0.39 is 0 Å². The van der Waals surface area contributed by atoms with Gasteiger partial charge in [0.15, 0.2) is 0 Å². The number of nitrogens with two attached hydrogens (primary N) is 1. The van der Waals surface area contributed by atoms with E-state index in [2.05, 4.69) is 9.97 Å². The molecule has 1 saturated heterocycles. The molecule has 2 rings (SSSR count). The van der Waals surface area contributed by atoms with Crippen LogP contribution in [-0.2, 0) is 4.79 Å². The average molecular weight is 213 g/mol. The molecule has 5 nitrogen and oxygen atoms in total. The summed E-state index contributed by atoms with van der Waals surface area (Å²) in [7, 11) is 0. The lowest BCUT2D eigenvalue weighted by Gasteiger charge is -2.12. The summed E-state index contributed by atoms with van der Waals surface area (Å²) in [6, 6.07) is 1.57. The van der Waals surface area contributed by atoms with Crippen LogP contribution in [0.3, 0.4) is 0 Å². The van der Waals surface area contributed by atoms with E-state index in [1.807, 2.05) is 0 Å². The van der Waals surface area contributed by atoms with E-state index in [9.17, 15) is 4.79 Å². The van der Waals surface area contributed by atoms with Gasteiger partial charge in [0.2, 0.25) is 11.9 Å². The maximum Gasteiger partial charge on any atom is 0.234 e. The number of carbonyl (C=O) groups is 1. The van der Waals surface area contributed by atoms with Crippen molar-refractivity contribution in [2.24, 2.45) is 0 Å². The van der Waals surface area contributed by atoms with Crippen molar-refractivity contribution in [3.05, 3.63) is 12.3 Å². The first-order valence-corrected chi connectivity index (χ1v) is 4.63. The Balaban J connectivity index is 2.27. The van der Waals surface area contributed by atoms with Crippen LogP contribution in [0.15, 0.2) is 12.3 Å². The molecule has 0 bridgehead atoms. The van der Waals surface area contributed by atoms with E-state index >= 15 is 0 Å². The molecule has 74 valence electrons. The molecular weight excluding hydrogens is 204 g/mol. The smallest absolute Gasteiger partial charge is 0.234 e. The Morgan fingerprint density at radius 1 is 1.64 bits per heavy atom. The zero-order chi connectivity index (χ0) is 10.1. The largest absolute Gasteiger partial charge is 0.384 e. The summed E-state index contributed by atoms with van der Waals surface area (Å²) >= 11 is 5.84. The predicted molar refractivity (Wildman–Crippen MR) is 53.1 cm³/mol. The van der Waals surface area contributed by atoms with Crippen LogP contribution in [0.2, 0.25) is 0 Å². The summed E-state index contributed by atoms with van der Waals surface area (Å²) in [5.41, 5.74) is 5.48. The minimum absolute atomic E-state index is 0.0596. The fourth-order valence-corrected chi connectivity index (χ4v) is 1.62. The number of carbonyl (C=O) groups excluding carboxylic acids is 1. The fraction of sp³-hybridized carbons (Fsp3) is 0.375. The highest BCUT2D eigenvalue weighted by Crippen LogP contribution is 2.20. The number of nitrogen functional groups attached to an aromatic ring is 1. The molecule has 1 atom stereocenters. The Labute approximate surface area is 85.9 Å². The normalized spacial score (nSPS) is 21.6. The van der Waals surface area contributed by atoms with Crippen molar-refractivity contribution in [1.82, 2.24) is 9.97 Å². The van der Waals surface area contributed by atoms with Gasteiger partial charge in [-0.25, -0.2) is 4.98 Å². The van der Waals surface area contributed by atoms with Crippen LogP contribution in [-0.4, -0.2) is 27.8 Å². The number of nitrogens with zero attached hydrogens (tertiary/aromatic N) is 3. The van der Waals surface area contributed by atoms with Gasteiger partial charge in [0.1, 0.15) is 5.82 Å². The van der Waals surface area contributed by atoms with E-state index in [-0.39, 0.29) is 11.3 Å². The van der Waals surface area contributed by atoms with E-state index in [1.54, 1.807) is 6.07 Å². The summed E-state index contributed by atoms with van der Waals surface area (Å²) < 4.78 is 0. The minimum atomic E-state index is -0.160. The second kappa shape index (κ2) is 3.42. The van der Waals surface area contributed by atoms with Crippen molar-refractivity contribution in [3.8, 4) is 0 Å². The number of halogens is 1. The van der Waals surface area contributed by atoms with Crippen LogP contribution >= 0.6 is 11.6 Å². The molecule has 6 heteroatoms. The van der Waals surface area contributed by atoms with E-state index in [0.717, 1.165) is 0 Å². The van der Waals surface area contributed by atoms with Gasteiger partial charge in [0.05, 0.1) is 5.38 Å². The van der Waals surface area contributed by atoms with E-state index in [4.69, 9.17) is 17.3 Å². The van der Waals surface area contributed by atoms with Crippen molar-refractivity contribution in [2.45, 2.75) is 11.8 Å². The first-order valence-electron chi connectivity index (χ1n) is 4.20. The third kappa shape index (κ3) is 1.63. The van der Waals surface area contributed by atoms with Gasteiger partial charge in [-0.1, -0.05) is 0 Å². The highest BCUT2D eigenvalue weighted by atomic mass is 35.5. The Morgan fingerprint density at radius 2 is 2.43 bits per heavy atom. The van der Waals surface area contributed by atoms with Crippen LogP contribution < -0.4 is 10.6 Å². The van der Waals surface area contributed by atoms with E-state index in [0.29, 0.717) is 24.7 Å². The maximum absolute atomic E-state index is 11.4. The van der Waals surface area contributed by atoms with Gasteiger partial charge < -0.3 is 5.73 Å². The molecule has 2 heterocycles. The van der Waals surface area contributed by atoms with Gasteiger partial charge in [-0.15, -0.1) is 11.6 Å². The van der Waals surface area contributed by atoms with Crippen molar-refractivity contribution < 1.29 is 4.79 Å². The topological polar surface area (TPSA) is 72.1 Å². The Hall–Kier alpha value is -1.36. The second-order valence-electron chi connectivity index (χ2n) is 3.09. The number of aromatic nitrogens is 2. The van der Waals surface area contributed by atoms with Gasteiger partial charge in [-0.3, -0.25) is 9.69 Å². The van der Waals surface area contributed by atoms with Crippen LogP contribution in [0.4, 0.5) is 11.8 Å². The third-order valence-electron chi connectivity index (χ3n) is 1.98. The van der Waals surface area contributed by atoms with Crippen LogP contribution in [0.25, 0.3) is 0 Å². The number of anilines is 2. The van der Waals surface area contributed by atoms with Crippen LogP contribution in [0.1, 0.15) is 6.42 Å². The quantitative estimate of drug-likeness (QED) is 0.685. The zero-order valence-electron chi connectivity index (χ0n) is 7.35. The molecule has 0 saturated carbocycles. The number of amides is 1. The molecule has 1 aromatic heterocycles. The molecule has 1 unspecified atom stereocenters. The fourth-order valence-electron chi connectivity index (χ4n) is 1.35. The van der Waals surface area contributed by atoms with Gasteiger partial charge in [0.25, 0.3) is 0 Å². The monoisotopic (exact) mass is 212 g/mol. The zero-order valence-corrected chi connectivity index (χ0v) is 8.11. The predicted octanol–water partition coefficient (Wildman–Crippen LogP) is 0.403.